The zero-order chi connectivity index (χ0) is 15.4. The molecule has 1 aliphatic heterocycles. The van der Waals surface area contributed by atoms with Crippen LogP contribution in [0.15, 0.2) is 54.6 Å². The second kappa shape index (κ2) is 4.67. The molecule has 0 amide bonds. The van der Waals surface area contributed by atoms with Gasteiger partial charge in [-0.1, -0.05) is 54.6 Å². The van der Waals surface area contributed by atoms with Crippen molar-refractivity contribution in [2.75, 3.05) is 12.8 Å². The summed E-state index contributed by atoms with van der Waals surface area (Å²) in [6.45, 7) is 0.553. The Bertz CT molecular complexity index is 816. The third-order valence-electron chi connectivity index (χ3n) is 5.16. The van der Waals surface area contributed by atoms with E-state index in [2.05, 4.69) is 30.3 Å². The molecular weight excluding hydrogens is 294 g/mol. The first-order valence-electron chi connectivity index (χ1n) is 7.61. The summed E-state index contributed by atoms with van der Waals surface area (Å²) in [4.78, 5) is 0. The molecule has 3 nitrogen and oxygen atoms in total. The molecule has 1 fully saturated rings. The van der Waals surface area contributed by atoms with Gasteiger partial charge >= 0.3 is 0 Å². The van der Waals surface area contributed by atoms with Crippen LogP contribution in [0.5, 0.6) is 0 Å². The van der Waals surface area contributed by atoms with Crippen molar-refractivity contribution in [3.63, 3.8) is 0 Å². The fourth-order valence-electron chi connectivity index (χ4n) is 4.26. The molecule has 4 rings (SSSR count). The van der Waals surface area contributed by atoms with E-state index < -0.39 is 10.0 Å². The molecule has 2 aromatic rings. The molecule has 4 heteroatoms. The van der Waals surface area contributed by atoms with Gasteiger partial charge in [0, 0.05) is 18.0 Å². The first-order valence-corrected chi connectivity index (χ1v) is 9.46. The number of fused-ring (bicyclic) bond motifs is 4. The summed E-state index contributed by atoms with van der Waals surface area (Å²) in [6.07, 6.45) is 3.02. The van der Waals surface area contributed by atoms with E-state index in [9.17, 15) is 8.42 Å². The maximum absolute atomic E-state index is 12.2. The van der Waals surface area contributed by atoms with Crippen LogP contribution in [0.4, 0.5) is 0 Å². The van der Waals surface area contributed by atoms with Crippen LogP contribution in [-0.4, -0.2) is 31.6 Å². The summed E-state index contributed by atoms with van der Waals surface area (Å²) in [5, 5.41) is 0. The third-order valence-corrected chi connectivity index (χ3v) is 6.44. The normalized spacial score (nSPS) is 27.6. The van der Waals surface area contributed by atoms with Gasteiger partial charge in [-0.25, -0.2) is 8.42 Å². The molecule has 1 saturated heterocycles. The van der Waals surface area contributed by atoms with Gasteiger partial charge in [0.25, 0.3) is 0 Å². The van der Waals surface area contributed by atoms with Crippen LogP contribution in [0.3, 0.4) is 0 Å². The number of hydrogen-bond acceptors (Lipinski definition) is 2. The van der Waals surface area contributed by atoms with Crippen molar-refractivity contribution in [1.82, 2.24) is 4.31 Å². The molecule has 0 spiro atoms. The van der Waals surface area contributed by atoms with E-state index in [4.69, 9.17) is 0 Å². The highest BCUT2D eigenvalue weighted by molar-refractivity contribution is 7.88. The van der Waals surface area contributed by atoms with Crippen molar-refractivity contribution in [2.45, 2.75) is 24.3 Å². The molecule has 0 radical (unpaired) electrons. The number of benzene rings is 2. The quantitative estimate of drug-likeness (QED) is 0.854. The Hall–Kier alpha value is -1.65. The van der Waals surface area contributed by atoms with Crippen LogP contribution in [0.1, 0.15) is 23.1 Å². The van der Waals surface area contributed by atoms with E-state index in [-0.39, 0.29) is 11.5 Å². The zero-order valence-corrected chi connectivity index (χ0v) is 13.4. The van der Waals surface area contributed by atoms with E-state index in [1.54, 1.807) is 4.31 Å². The Labute approximate surface area is 131 Å². The molecule has 1 heterocycles. The molecule has 1 unspecified atom stereocenters. The lowest BCUT2D eigenvalue weighted by atomic mass is 9.67. The molecule has 114 valence electrons. The number of rotatable bonds is 2. The van der Waals surface area contributed by atoms with Crippen LogP contribution in [0, 0.1) is 0 Å². The second-order valence-corrected chi connectivity index (χ2v) is 8.41. The van der Waals surface area contributed by atoms with Gasteiger partial charge in [0.15, 0.2) is 0 Å². The Balaban J connectivity index is 1.94. The van der Waals surface area contributed by atoms with Crippen molar-refractivity contribution >= 4 is 10.0 Å². The Kier molecular flexibility index (Phi) is 2.97. The van der Waals surface area contributed by atoms with Crippen molar-refractivity contribution in [1.29, 1.82) is 0 Å². The molecule has 2 aromatic carbocycles. The summed E-state index contributed by atoms with van der Waals surface area (Å²) in [5.74, 6) is 0. The molecule has 2 atom stereocenters. The predicted molar refractivity (Wildman–Crippen MR) is 87.3 cm³/mol. The lowest BCUT2D eigenvalue weighted by molar-refractivity contribution is 0.390. The van der Waals surface area contributed by atoms with Crippen molar-refractivity contribution in [3.8, 4) is 0 Å². The van der Waals surface area contributed by atoms with Gasteiger partial charge in [-0.05, 0) is 29.5 Å². The maximum atomic E-state index is 12.2. The molecule has 22 heavy (non-hydrogen) atoms. The molecule has 1 aliphatic carbocycles. The minimum Gasteiger partial charge on any atom is -0.212 e. The molecule has 0 saturated carbocycles. The molecule has 0 N–H and O–H groups in total. The number of sulfonamides is 1. The van der Waals surface area contributed by atoms with E-state index in [1.165, 1.54) is 22.9 Å². The standard InChI is InChI=1S/C18H19NO2S/c1-22(20,21)19-13-18(15-8-3-2-4-9-15)12-16(19)11-14-7-5-6-10-17(14)18/h2-10,16H,11-13H2,1H3/t16?,18-/m0/s1. The molecule has 0 aromatic heterocycles. The molecular formula is C18H19NO2S. The monoisotopic (exact) mass is 313 g/mol. The van der Waals surface area contributed by atoms with Gasteiger partial charge in [-0.3, -0.25) is 0 Å². The summed E-state index contributed by atoms with van der Waals surface area (Å²) < 4.78 is 26.2. The van der Waals surface area contributed by atoms with Crippen molar-refractivity contribution in [2.24, 2.45) is 0 Å². The average Bonchev–Trinajstić information content (AvgIpc) is 2.84. The largest absolute Gasteiger partial charge is 0.212 e. The Morgan fingerprint density at radius 3 is 2.45 bits per heavy atom. The highest BCUT2D eigenvalue weighted by Gasteiger charge is 2.52. The summed E-state index contributed by atoms with van der Waals surface area (Å²) in [7, 11) is -3.19. The number of hydrogen-bond donors (Lipinski definition) is 0. The van der Waals surface area contributed by atoms with Gasteiger partial charge in [0.1, 0.15) is 0 Å². The summed E-state index contributed by atoms with van der Waals surface area (Å²) in [5.41, 5.74) is 3.60. The smallest absolute Gasteiger partial charge is 0.211 e. The van der Waals surface area contributed by atoms with E-state index in [1.807, 2.05) is 24.3 Å². The highest BCUT2D eigenvalue weighted by Crippen LogP contribution is 2.50. The van der Waals surface area contributed by atoms with E-state index in [0.29, 0.717) is 6.54 Å². The fourth-order valence-corrected chi connectivity index (χ4v) is 5.41. The molecule has 2 aliphatic rings. The zero-order valence-electron chi connectivity index (χ0n) is 12.6. The summed E-state index contributed by atoms with van der Waals surface area (Å²) >= 11 is 0. The van der Waals surface area contributed by atoms with Crippen LogP contribution >= 0.6 is 0 Å². The maximum Gasteiger partial charge on any atom is 0.211 e. The first-order chi connectivity index (χ1) is 10.5. The van der Waals surface area contributed by atoms with Gasteiger partial charge in [0.2, 0.25) is 10.0 Å². The van der Waals surface area contributed by atoms with Crippen LogP contribution < -0.4 is 0 Å². The van der Waals surface area contributed by atoms with Crippen LogP contribution in [-0.2, 0) is 21.9 Å². The van der Waals surface area contributed by atoms with Crippen molar-refractivity contribution in [3.05, 3.63) is 71.3 Å². The van der Waals surface area contributed by atoms with E-state index >= 15 is 0 Å². The minimum atomic E-state index is -3.19. The van der Waals surface area contributed by atoms with Crippen LogP contribution in [0.25, 0.3) is 0 Å². The average molecular weight is 313 g/mol. The first kappa shape index (κ1) is 14.0. The topological polar surface area (TPSA) is 37.4 Å². The SMILES string of the molecule is CS(=O)(=O)N1C[C@]2(c3ccccc3)CC1Cc1ccccc12. The number of nitrogens with zero attached hydrogens (tertiary/aromatic N) is 1. The van der Waals surface area contributed by atoms with Gasteiger partial charge in [-0.15, -0.1) is 0 Å². The van der Waals surface area contributed by atoms with Gasteiger partial charge in [0.05, 0.1) is 6.26 Å². The Morgan fingerprint density at radius 2 is 1.73 bits per heavy atom. The lowest BCUT2D eigenvalue weighted by Gasteiger charge is -2.35. The van der Waals surface area contributed by atoms with Crippen LogP contribution in [0.2, 0.25) is 0 Å². The predicted octanol–water partition coefficient (Wildman–Crippen LogP) is 2.56. The summed E-state index contributed by atoms with van der Waals surface area (Å²) in [6, 6.07) is 18.9. The molecule has 2 bridgehead atoms. The fraction of sp³-hybridized carbons (Fsp3) is 0.333. The van der Waals surface area contributed by atoms with Gasteiger partial charge < -0.3 is 0 Å². The van der Waals surface area contributed by atoms with E-state index in [0.717, 1.165) is 12.8 Å². The second-order valence-electron chi connectivity index (χ2n) is 6.48. The minimum absolute atomic E-state index is 0.0742. The highest BCUT2D eigenvalue weighted by atomic mass is 32.2. The lowest BCUT2D eigenvalue weighted by Crippen LogP contribution is -2.35. The third kappa shape index (κ3) is 1.94. The van der Waals surface area contributed by atoms with Crippen molar-refractivity contribution < 1.29 is 8.42 Å². The Morgan fingerprint density at radius 1 is 1.05 bits per heavy atom. The van der Waals surface area contributed by atoms with Gasteiger partial charge in [-0.2, -0.15) is 4.31 Å².